The van der Waals surface area contributed by atoms with Gasteiger partial charge in [-0.15, -0.1) is 0 Å². The fourth-order valence-electron chi connectivity index (χ4n) is 2.75. The molecule has 0 bridgehead atoms. The number of aromatic nitrogens is 2. The van der Waals surface area contributed by atoms with Crippen molar-refractivity contribution in [2.75, 3.05) is 5.32 Å². The van der Waals surface area contributed by atoms with Gasteiger partial charge in [0.1, 0.15) is 4.34 Å². The van der Waals surface area contributed by atoms with E-state index in [0.717, 1.165) is 23.5 Å². The van der Waals surface area contributed by atoms with E-state index >= 15 is 0 Å². The molecular formula is C18H14ClF2N3O4S2. The smallest absolute Gasteiger partial charge is 0.393 e. The number of hydrogen-bond acceptors (Lipinski definition) is 6. The summed E-state index contributed by atoms with van der Waals surface area (Å²) >= 11 is 6.79. The molecule has 1 aliphatic rings. The SMILES string of the molecule is O=C(Nc1ncc(Cl)s1)Oc1cc(S(=O)(=O)C2CC2)cn1Cc1ccc(F)c(F)c1. The van der Waals surface area contributed by atoms with E-state index in [1.165, 1.54) is 29.1 Å². The van der Waals surface area contributed by atoms with Crippen LogP contribution in [0.5, 0.6) is 5.88 Å². The summed E-state index contributed by atoms with van der Waals surface area (Å²) in [5.41, 5.74) is 0.358. The number of rotatable bonds is 6. The molecule has 12 heteroatoms. The molecule has 1 fully saturated rings. The molecule has 1 saturated carbocycles. The van der Waals surface area contributed by atoms with Crippen LogP contribution in [0.15, 0.2) is 41.6 Å². The lowest BCUT2D eigenvalue weighted by Crippen LogP contribution is -2.18. The van der Waals surface area contributed by atoms with Crippen LogP contribution in [0.3, 0.4) is 0 Å². The summed E-state index contributed by atoms with van der Waals surface area (Å²) in [6.07, 6.45) is 2.91. The number of nitrogens with zero attached hydrogens (tertiary/aromatic N) is 2. The summed E-state index contributed by atoms with van der Waals surface area (Å²) in [5.74, 6) is -2.10. The number of hydrogen-bond donors (Lipinski definition) is 1. The van der Waals surface area contributed by atoms with E-state index in [1.807, 2.05) is 0 Å². The Morgan fingerprint density at radius 2 is 2.07 bits per heavy atom. The summed E-state index contributed by atoms with van der Waals surface area (Å²) < 4.78 is 58.9. The molecule has 0 radical (unpaired) electrons. The molecule has 1 amide bonds. The zero-order valence-corrected chi connectivity index (χ0v) is 17.5. The van der Waals surface area contributed by atoms with E-state index in [9.17, 15) is 22.0 Å². The number of sulfone groups is 1. The highest BCUT2D eigenvalue weighted by atomic mass is 35.5. The van der Waals surface area contributed by atoms with Crippen LogP contribution in [0, 0.1) is 11.6 Å². The highest BCUT2D eigenvalue weighted by molar-refractivity contribution is 7.92. The van der Waals surface area contributed by atoms with Gasteiger partial charge < -0.3 is 9.30 Å². The number of amides is 1. The van der Waals surface area contributed by atoms with Crippen molar-refractivity contribution in [2.24, 2.45) is 0 Å². The maximum absolute atomic E-state index is 13.6. The summed E-state index contributed by atoms with van der Waals surface area (Å²) in [6, 6.07) is 4.55. The Balaban J connectivity index is 1.61. The maximum Gasteiger partial charge on any atom is 0.420 e. The molecule has 2 heterocycles. The van der Waals surface area contributed by atoms with Crippen molar-refractivity contribution < 1.29 is 26.7 Å². The largest absolute Gasteiger partial charge is 0.420 e. The summed E-state index contributed by atoms with van der Waals surface area (Å²) in [4.78, 5) is 16.1. The first-order chi connectivity index (χ1) is 14.2. The third kappa shape index (κ3) is 4.47. The zero-order valence-electron chi connectivity index (χ0n) is 15.1. The van der Waals surface area contributed by atoms with Crippen molar-refractivity contribution in [3.63, 3.8) is 0 Å². The van der Waals surface area contributed by atoms with Gasteiger partial charge in [0.05, 0.1) is 22.9 Å². The molecule has 158 valence electrons. The minimum absolute atomic E-state index is 0.00678. The number of carbonyl (C=O) groups is 1. The Morgan fingerprint density at radius 3 is 2.70 bits per heavy atom. The van der Waals surface area contributed by atoms with Gasteiger partial charge in [0.15, 0.2) is 26.6 Å². The summed E-state index contributed by atoms with van der Waals surface area (Å²) in [5, 5.41) is 2.13. The molecule has 0 atom stereocenters. The maximum atomic E-state index is 13.6. The second-order valence-electron chi connectivity index (χ2n) is 6.62. The number of ether oxygens (including phenoxy) is 1. The van der Waals surface area contributed by atoms with Gasteiger partial charge in [-0.05, 0) is 30.5 Å². The van der Waals surface area contributed by atoms with Crippen molar-refractivity contribution in [3.05, 3.63) is 58.2 Å². The molecule has 1 aliphatic carbocycles. The van der Waals surface area contributed by atoms with Crippen LogP contribution in [0.2, 0.25) is 4.34 Å². The molecule has 30 heavy (non-hydrogen) atoms. The number of benzene rings is 1. The Labute approximate surface area is 179 Å². The first-order valence-electron chi connectivity index (χ1n) is 8.70. The van der Waals surface area contributed by atoms with Crippen molar-refractivity contribution in [2.45, 2.75) is 29.5 Å². The van der Waals surface area contributed by atoms with Crippen LogP contribution in [-0.4, -0.2) is 29.3 Å². The van der Waals surface area contributed by atoms with Crippen LogP contribution in [0.4, 0.5) is 18.7 Å². The number of anilines is 1. The van der Waals surface area contributed by atoms with Gasteiger partial charge in [-0.3, -0.25) is 5.32 Å². The summed E-state index contributed by atoms with van der Waals surface area (Å²) in [7, 11) is -3.56. The van der Waals surface area contributed by atoms with Crippen LogP contribution >= 0.6 is 22.9 Å². The average Bonchev–Trinajstić information content (AvgIpc) is 3.37. The van der Waals surface area contributed by atoms with Crippen LogP contribution < -0.4 is 10.1 Å². The number of thiazole rings is 1. The fourth-order valence-corrected chi connectivity index (χ4v) is 5.23. The summed E-state index contributed by atoms with van der Waals surface area (Å²) in [6.45, 7) is -0.0386. The zero-order chi connectivity index (χ0) is 21.5. The molecule has 1 aromatic carbocycles. The average molecular weight is 474 g/mol. The molecule has 3 aromatic rings. The molecule has 2 aromatic heterocycles. The van der Waals surface area contributed by atoms with E-state index in [1.54, 1.807) is 0 Å². The van der Waals surface area contributed by atoms with Crippen LogP contribution in [0.25, 0.3) is 0 Å². The predicted octanol–water partition coefficient (Wildman–Crippen LogP) is 4.47. The lowest BCUT2D eigenvalue weighted by molar-refractivity contribution is 0.211. The van der Waals surface area contributed by atoms with E-state index in [-0.39, 0.29) is 22.5 Å². The molecule has 7 nitrogen and oxygen atoms in total. The van der Waals surface area contributed by atoms with Gasteiger partial charge >= 0.3 is 6.09 Å². The second-order valence-corrected chi connectivity index (χ2v) is 10.5. The van der Waals surface area contributed by atoms with Gasteiger partial charge in [-0.2, -0.15) is 0 Å². The normalized spacial score (nSPS) is 14.0. The van der Waals surface area contributed by atoms with Crippen LogP contribution in [-0.2, 0) is 16.4 Å². The van der Waals surface area contributed by atoms with Gasteiger partial charge in [0.25, 0.3) is 0 Å². The van der Waals surface area contributed by atoms with E-state index < -0.39 is 32.8 Å². The van der Waals surface area contributed by atoms with Crippen molar-refractivity contribution >= 4 is 44.0 Å². The Morgan fingerprint density at radius 1 is 1.30 bits per heavy atom. The van der Waals surface area contributed by atoms with Gasteiger partial charge in [0.2, 0.25) is 5.88 Å². The fraction of sp³-hybridized carbons (Fsp3) is 0.222. The minimum Gasteiger partial charge on any atom is -0.393 e. The predicted molar refractivity (Wildman–Crippen MR) is 107 cm³/mol. The minimum atomic E-state index is -3.56. The first-order valence-corrected chi connectivity index (χ1v) is 11.4. The molecule has 0 spiro atoms. The van der Waals surface area contributed by atoms with E-state index in [2.05, 4.69) is 10.3 Å². The van der Waals surface area contributed by atoms with Crippen molar-refractivity contribution in [1.29, 1.82) is 0 Å². The van der Waals surface area contributed by atoms with E-state index in [0.29, 0.717) is 22.7 Å². The standard InChI is InChI=1S/C18H14ClF2N3O4S2/c19-15-7-22-17(29-15)23-18(25)28-16-6-12(30(26,27)11-2-3-11)9-24(16)8-10-1-4-13(20)14(21)5-10/h1,4-7,9,11H,2-3,8H2,(H,22,23,25). The lowest BCUT2D eigenvalue weighted by atomic mass is 10.2. The van der Waals surface area contributed by atoms with Crippen LogP contribution in [0.1, 0.15) is 18.4 Å². The topological polar surface area (TPSA) is 90.3 Å². The lowest BCUT2D eigenvalue weighted by Gasteiger charge is -2.10. The van der Waals surface area contributed by atoms with Crippen molar-refractivity contribution in [3.8, 4) is 5.88 Å². The van der Waals surface area contributed by atoms with Gasteiger partial charge in [-0.25, -0.2) is 27.0 Å². The Bertz CT molecular complexity index is 1220. The first kappa shape index (κ1) is 20.8. The van der Waals surface area contributed by atoms with Crippen molar-refractivity contribution in [1.82, 2.24) is 9.55 Å². The molecule has 0 aliphatic heterocycles. The number of nitrogens with one attached hydrogen (secondary N) is 1. The monoisotopic (exact) mass is 473 g/mol. The molecule has 0 saturated heterocycles. The quantitative estimate of drug-likeness (QED) is 0.570. The molecular weight excluding hydrogens is 460 g/mol. The Kier molecular flexibility index (Phi) is 5.51. The van der Waals surface area contributed by atoms with E-state index in [4.69, 9.17) is 16.3 Å². The third-order valence-corrected chi connectivity index (χ3v) is 7.60. The third-order valence-electron chi connectivity index (χ3n) is 4.34. The number of halogens is 3. The van der Waals surface area contributed by atoms with Gasteiger partial charge in [0, 0.05) is 12.3 Å². The molecule has 4 rings (SSSR count). The highest BCUT2D eigenvalue weighted by Gasteiger charge is 2.38. The molecule has 1 N–H and O–H groups in total. The Hall–Kier alpha value is -2.50. The molecule has 0 unspecified atom stereocenters. The number of carbonyl (C=O) groups excluding carboxylic acids is 1. The second kappa shape index (κ2) is 7.97. The highest BCUT2D eigenvalue weighted by Crippen LogP contribution is 2.35. The van der Waals surface area contributed by atoms with Gasteiger partial charge in [-0.1, -0.05) is 29.0 Å².